The van der Waals surface area contributed by atoms with Crippen molar-refractivity contribution in [2.45, 2.75) is 0 Å². The summed E-state index contributed by atoms with van der Waals surface area (Å²) in [4.78, 5) is 12.4. The molecule has 0 atom stereocenters. The highest BCUT2D eigenvalue weighted by Gasteiger charge is 2.10. The Labute approximate surface area is 141 Å². The summed E-state index contributed by atoms with van der Waals surface area (Å²) in [7, 11) is 6.21. The van der Waals surface area contributed by atoms with Crippen LogP contribution in [-0.4, -0.2) is 34.2 Å². The van der Waals surface area contributed by atoms with E-state index in [1.54, 1.807) is 51.7 Å². The summed E-state index contributed by atoms with van der Waals surface area (Å²) in [6.07, 6.45) is 3.18. The summed E-state index contributed by atoms with van der Waals surface area (Å²) in [6, 6.07) is 10.5. The second-order valence-corrected chi connectivity index (χ2v) is 4.85. The summed E-state index contributed by atoms with van der Waals surface area (Å²) in [6.45, 7) is 0. The Bertz CT molecular complexity index is 749. The van der Waals surface area contributed by atoms with Gasteiger partial charge in [0.1, 0.15) is 0 Å². The third-order valence-electron chi connectivity index (χ3n) is 3.52. The molecule has 0 saturated carbocycles. The molecule has 0 N–H and O–H groups in total. The van der Waals surface area contributed by atoms with Gasteiger partial charge in [-0.2, -0.15) is 0 Å². The minimum atomic E-state index is -0.152. The van der Waals surface area contributed by atoms with Gasteiger partial charge in [0.15, 0.2) is 28.8 Å². The van der Waals surface area contributed by atoms with Gasteiger partial charge < -0.3 is 18.9 Å². The zero-order valence-corrected chi connectivity index (χ0v) is 14.2. The van der Waals surface area contributed by atoms with E-state index in [0.29, 0.717) is 28.6 Å². The van der Waals surface area contributed by atoms with E-state index in [4.69, 9.17) is 18.9 Å². The second-order valence-electron chi connectivity index (χ2n) is 4.85. The van der Waals surface area contributed by atoms with E-state index in [0.717, 1.165) is 5.56 Å². The summed E-state index contributed by atoms with van der Waals surface area (Å²) >= 11 is 0. The van der Waals surface area contributed by atoms with Crippen molar-refractivity contribution < 1.29 is 23.7 Å². The number of benzene rings is 2. The van der Waals surface area contributed by atoms with Gasteiger partial charge in [0, 0.05) is 11.1 Å². The minimum absolute atomic E-state index is 0.152. The van der Waals surface area contributed by atoms with Crippen LogP contribution in [-0.2, 0) is 0 Å². The van der Waals surface area contributed by atoms with E-state index in [2.05, 4.69) is 0 Å². The number of methoxy groups -OCH3 is 4. The highest BCUT2D eigenvalue weighted by Crippen LogP contribution is 2.32. The molecule has 5 heteroatoms. The summed E-state index contributed by atoms with van der Waals surface area (Å²) < 4.78 is 21.0. The maximum Gasteiger partial charge on any atom is 0.185 e. The lowest BCUT2D eigenvalue weighted by Crippen LogP contribution is -1.98. The van der Waals surface area contributed by atoms with Crippen LogP contribution in [0.3, 0.4) is 0 Å². The summed E-state index contributed by atoms with van der Waals surface area (Å²) in [5, 5.41) is 0. The van der Waals surface area contributed by atoms with Gasteiger partial charge in [0.2, 0.25) is 0 Å². The van der Waals surface area contributed by atoms with Crippen LogP contribution >= 0.6 is 0 Å². The Morgan fingerprint density at radius 1 is 0.833 bits per heavy atom. The van der Waals surface area contributed by atoms with Crippen LogP contribution in [0, 0.1) is 0 Å². The van der Waals surface area contributed by atoms with Crippen LogP contribution in [0.15, 0.2) is 42.5 Å². The second kappa shape index (κ2) is 8.06. The number of ether oxygens (including phenoxy) is 4. The van der Waals surface area contributed by atoms with Crippen molar-refractivity contribution in [3.63, 3.8) is 0 Å². The number of ketones is 1. The number of rotatable bonds is 7. The van der Waals surface area contributed by atoms with Crippen LogP contribution < -0.4 is 18.9 Å². The van der Waals surface area contributed by atoms with E-state index in [9.17, 15) is 4.79 Å². The molecule has 0 saturated heterocycles. The van der Waals surface area contributed by atoms with Crippen molar-refractivity contribution in [1.29, 1.82) is 0 Å². The Morgan fingerprint density at radius 3 is 2.17 bits per heavy atom. The van der Waals surface area contributed by atoms with Gasteiger partial charge in [-0.05, 0) is 36.4 Å². The Balaban J connectivity index is 2.28. The molecule has 2 aromatic carbocycles. The number of hydrogen-bond acceptors (Lipinski definition) is 5. The molecule has 0 amide bonds. The van der Waals surface area contributed by atoms with Crippen molar-refractivity contribution in [3.05, 3.63) is 53.6 Å². The molecule has 0 heterocycles. The lowest BCUT2D eigenvalue weighted by atomic mass is 10.1. The van der Waals surface area contributed by atoms with Gasteiger partial charge in [0.05, 0.1) is 28.4 Å². The van der Waals surface area contributed by atoms with Gasteiger partial charge in [0.25, 0.3) is 0 Å². The molecule has 0 bridgehead atoms. The third-order valence-corrected chi connectivity index (χ3v) is 3.52. The quantitative estimate of drug-likeness (QED) is 0.574. The molecule has 0 aliphatic rings. The average molecular weight is 328 g/mol. The number of hydrogen-bond donors (Lipinski definition) is 0. The van der Waals surface area contributed by atoms with Crippen LogP contribution in [0.2, 0.25) is 0 Å². The Morgan fingerprint density at radius 2 is 1.54 bits per heavy atom. The zero-order chi connectivity index (χ0) is 17.5. The van der Waals surface area contributed by atoms with Gasteiger partial charge in [-0.3, -0.25) is 4.79 Å². The Kier molecular flexibility index (Phi) is 5.84. The average Bonchev–Trinajstić information content (AvgIpc) is 2.64. The molecule has 0 unspecified atom stereocenters. The first kappa shape index (κ1) is 17.4. The molecule has 0 fully saturated rings. The normalized spacial score (nSPS) is 10.5. The predicted molar refractivity (Wildman–Crippen MR) is 92.5 cm³/mol. The van der Waals surface area contributed by atoms with Crippen molar-refractivity contribution in [1.82, 2.24) is 0 Å². The molecule has 5 nitrogen and oxygen atoms in total. The van der Waals surface area contributed by atoms with Crippen molar-refractivity contribution in [2.24, 2.45) is 0 Å². The van der Waals surface area contributed by atoms with E-state index in [-0.39, 0.29) is 5.78 Å². The molecule has 2 aromatic rings. The van der Waals surface area contributed by atoms with E-state index in [1.807, 2.05) is 12.1 Å². The van der Waals surface area contributed by atoms with Crippen LogP contribution in [0.25, 0.3) is 6.08 Å². The van der Waals surface area contributed by atoms with Crippen molar-refractivity contribution >= 4 is 11.9 Å². The molecule has 2 rings (SSSR count). The first-order valence-electron chi connectivity index (χ1n) is 7.30. The van der Waals surface area contributed by atoms with E-state index in [1.165, 1.54) is 13.2 Å². The highest BCUT2D eigenvalue weighted by molar-refractivity contribution is 6.07. The molecule has 0 aliphatic heterocycles. The van der Waals surface area contributed by atoms with E-state index < -0.39 is 0 Å². The van der Waals surface area contributed by atoms with Crippen LogP contribution in [0.1, 0.15) is 15.9 Å². The first-order chi connectivity index (χ1) is 11.6. The predicted octanol–water partition coefficient (Wildman–Crippen LogP) is 3.62. The summed E-state index contributed by atoms with van der Waals surface area (Å²) in [5.41, 5.74) is 1.26. The Hall–Kier alpha value is -2.95. The summed E-state index contributed by atoms with van der Waals surface area (Å²) in [5.74, 6) is 2.12. The molecule has 0 aromatic heterocycles. The number of carbonyl (C=O) groups excluding carboxylic acids is 1. The smallest absolute Gasteiger partial charge is 0.185 e. The van der Waals surface area contributed by atoms with Crippen LogP contribution in [0.5, 0.6) is 23.0 Å². The zero-order valence-electron chi connectivity index (χ0n) is 14.2. The topological polar surface area (TPSA) is 54.0 Å². The maximum atomic E-state index is 12.4. The van der Waals surface area contributed by atoms with Crippen LogP contribution in [0.4, 0.5) is 0 Å². The molecular formula is C19H20O5. The fraction of sp³-hybridized carbons (Fsp3) is 0.211. The largest absolute Gasteiger partial charge is 0.493 e. The molecule has 0 radical (unpaired) electrons. The standard InChI is InChI=1S/C19H20O5/c1-21-16-11-9-14(12-18(16)23-3)15(20)10-8-13-6-5-7-17(22-2)19(13)24-4/h5-12H,1-4H3/b10-8+. The van der Waals surface area contributed by atoms with Crippen molar-refractivity contribution in [2.75, 3.05) is 28.4 Å². The number of allylic oxidation sites excluding steroid dienone is 1. The SMILES string of the molecule is COc1ccc(C(=O)/C=C/c2cccc(OC)c2OC)cc1OC. The molecular weight excluding hydrogens is 308 g/mol. The van der Waals surface area contributed by atoms with Crippen molar-refractivity contribution in [3.8, 4) is 23.0 Å². The minimum Gasteiger partial charge on any atom is -0.493 e. The monoisotopic (exact) mass is 328 g/mol. The molecule has 126 valence electrons. The fourth-order valence-electron chi connectivity index (χ4n) is 2.29. The molecule has 0 spiro atoms. The molecule has 0 aliphatic carbocycles. The van der Waals surface area contributed by atoms with Gasteiger partial charge in [-0.15, -0.1) is 0 Å². The third kappa shape index (κ3) is 3.68. The fourth-order valence-corrected chi connectivity index (χ4v) is 2.29. The maximum absolute atomic E-state index is 12.4. The van der Waals surface area contributed by atoms with Gasteiger partial charge in [-0.25, -0.2) is 0 Å². The van der Waals surface area contributed by atoms with E-state index >= 15 is 0 Å². The number of para-hydroxylation sites is 1. The lowest BCUT2D eigenvalue weighted by Gasteiger charge is -2.10. The van der Waals surface area contributed by atoms with Gasteiger partial charge in [-0.1, -0.05) is 12.1 Å². The first-order valence-corrected chi connectivity index (χ1v) is 7.30. The lowest BCUT2D eigenvalue weighted by molar-refractivity contribution is 0.104. The number of carbonyl (C=O) groups is 1. The highest BCUT2D eigenvalue weighted by atomic mass is 16.5. The molecule has 24 heavy (non-hydrogen) atoms. The van der Waals surface area contributed by atoms with Gasteiger partial charge >= 0.3 is 0 Å².